The van der Waals surface area contributed by atoms with E-state index in [0.717, 1.165) is 0 Å². The molecule has 2 aliphatic carbocycles. The van der Waals surface area contributed by atoms with Gasteiger partial charge in [-0.25, -0.2) is 9.59 Å². The summed E-state index contributed by atoms with van der Waals surface area (Å²) in [7, 11) is 0. The molecule has 0 aromatic rings. The smallest absolute Gasteiger partial charge is 0.342 e. The van der Waals surface area contributed by atoms with Crippen LogP contribution >= 0.6 is 0 Å². The van der Waals surface area contributed by atoms with Crippen molar-refractivity contribution in [3.05, 3.63) is 0 Å². The number of fused-ring (bicyclic) bond motifs is 1. The summed E-state index contributed by atoms with van der Waals surface area (Å²) < 4.78 is 23.6. The highest BCUT2D eigenvalue weighted by Crippen LogP contribution is 2.84. The Bertz CT molecular complexity index is 820. The summed E-state index contributed by atoms with van der Waals surface area (Å²) in [5.41, 5.74) is -5.83. The number of carbonyl (C=O) groups is 2. The lowest BCUT2D eigenvalue weighted by molar-refractivity contribution is -0.238. The van der Waals surface area contributed by atoms with E-state index < -0.39 is 58.6 Å². The number of aliphatic hydroxyl groups excluding tert-OH is 1. The van der Waals surface area contributed by atoms with Crippen molar-refractivity contribution in [2.24, 2.45) is 28.1 Å². The SMILES string of the molecule is C.C[C@@H]1COC2CC34C5C[C@@H](C(C)(C)C)C36C(OC(=O)[C@@H]6O)O[C@@]4(C(=O)O5)[C@]21O. The number of aliphatic hydroxyl groups is 2. The highest BCUT2D eigenvalue weighted by Gasteiger charge is 3.00. The predicted octanol–water partition coefficient (Wildman–Crippen LogP) is 0.769. The first kappa shape index (κ1) is 19.7. The third-order valence-electron chi connectivity index (χ3n) is 8.99. The van der Waals surface area contributed by atoms with Crippen LogP contribution in [0.3, 0.4) is 0 Å². The standard InChI is InChI=1S/C20H26O8.CH4/c1-8-7-25-11-6-17-10-5-9(16(2,3)4)18(17)12(21)13(22)27-15(18)28-20(17,14(23)26-10)19(8,11)24;/h8-12,15,21,24H,5-7H2,1-4H3;1H4/t8-,9+,10?,11?,12+,15?,17?,18?,19-,20-;/m1./s1. The fourth-order valence-corrected chi connectivity index (χ4v) is 8.16. The molecular formula is C21H30O8. The minimum absolute atomic E-state index is 0. The van der Waals surface area contributed by atoms with Crippen molar-refractivity contribution in [1.82, 2.24) is 0 Å². The van der Waals surface area contributed by atoms with Gasteiger partial charge < -0.3 is 29.2 Å². The summed E-state index contributed by atoms with van der Waals surface area (Å²) in [6.45, 7) is 8.27. The molecule has 2 saturated carbocycles. The van der Waals surface area contributed by atoms with Gasteiger partial charge in [0.15, 0.2) is 6.10 Å². The topological polar surface area (TPSA) is 112 Å². The highest BCUT2D eigenvalue weighted by molar-refractivity contribution is 5.90. The summed E-state index contributed by atoms with van der Waals surface area (Å²) in [6, 6.07) is 0. The van der Waals surface area contributed by atoms with E-state index in [9.17, 15) is 19.8 Å². The molecule has 0 aromatic carbocycles. The Kier molecular flexibility index (Phi) is 3.39. The Morgan fingerprint density at radius 2 is 1.83 bits per heavy atom. The third kappa shape index (κ3) is 1.50. The van der Waals surface area contributed by atoms with E-state index in [4.69, 9.17) is 18.9 Å². The van der Waals surface area contributed by atoms with Crippen molar-refractivity contribution in [3.63, 3.8) is 0 Å². The molecule has 6 fully saturated rings. The van der Waals surface area contributed by atoms with E-state index in [1.54, 1.807) is 0 Å². The van der Waals surface area contributed by atoms with E-state index in [1.807, 2.05) is 27.7 Å². The number of hydrogen-bond donors (Lipinski definition) is 2. The minimum Gasteiger partial charge on any atom is -0.459 e. The zero-order valence-corrected chi connectivity index (χ0v) is 16.4. The molecule has 8 heteroatoms. The average Bonchev–Trinajstić information content (AvgIpc) is 3.31. The molecule has 6 rings (SSSR count). The van der Waals surface area contributed by atoms with Crippen molar-refractivity contribution >= 4 is 11.9 Å². The molecule has 8 nitrogen and oxygen atoms in total. The molecule has 4 saturated heterocycles. The van der Waals surface area contributed by atoms with Crippen LogP contribution in [0.15, 0.2) is 0 Å². The van der Waals surface area contributed by atoms with Crippen molar-refractivity contribution in [3.8, 4) is 0 Å². The van der Waals surface area contributed by atoms with Crippen LogP contribution in [-0.2, 0) is 28.5 Å². The second kappa shape index (κ2) is 4.98. The quantitative estimate of drug-likeness (QED) is 0.564. The van der Waals surface area contributed by atoms with Gasteiger partial charge in [-0.1, -0.05) is 35.1 Å². The molecule has 0 amide bonds. The van der Waals surface area contributed by atoms with E-state index in [-0.39, 0.29) is 24.7 Å². The summed E-state index contributed by atoms with van der Waals surface area (Å²) in [4.78, 5) is 25.8. The van der Waals surface area contributed by atoms with Crippen molar-refractivity contribution in [2.75, 3.05) is 6.61 Å². The van der Waals surface area contributed by atoms with Crippen LogP contribution in [0.1, 0.15) is 48.0 Å². The van der Waals surface area contributed by atoms with Gasteiger partial charge in [0, 0.05) is 5.92 Å². The summed E-state index contributed by atoms with van der Waals surface area (Å²) in [5.74, 6) is -1.92. The second-order valence-electron chi connectivity index (χ2n) is 10.7. The van der Waals surface area contributed by atoms with E-state index >= 15 is 0 Å². The van der Waals surface area contributed by atoms with Gasteiger partial charge in [-0.05, 0) is 24.2 Å². The fourth-order valence-electron chi connectivity index (χ4n) is 8.16. The van der Waals surface area contributed by atoms with Crippen molar-refractivity contribution < 1.29 is 38.7 Å². The Balaban J connectivity index is 0.00000181. The van der Waals surface area contributed by atoms with Crippen molar-refractivity contribution in [1.29, 1.82) is 0 Å². The Morgan fingerprint density at radius 3 is 2.48 bits per heavy atom. The van der Waals surface area contributed by atoms with Crippen molar-refractivity contribution in [2.45, 2.75) is 83.8 Å². The lowest BCUT2D eigenvalue weighted by Crippen LogP contribution is -2.66. The molecule has 4 aliphatic heterocycles. The molecule has 29 heavy (non-hydrogen) atoms. The molecule has 2 N–H and O–H groups in total. The summed E-state index contributed by atoms with van der Waals surface area (Å²) in [5, 5.41) is 23.1. The van der Waals surface area contributed by atoms with Crippen LogP contribution in [0, 0.1) is 28.1 Å². The average molecular weight is 410 g/mol. The van der Waals surface area contributed by atoms with Gasteiger partial charge in [0.25, 0.3) is 0 Å². The number of ether oxygens (including phenoxy) is 4. The van der Waals surface area contributed by atoms with E-state index in [2.05, 4.69) is 0 Å². The zero-order chi connectivity index (χ0) is 20.1. The molecule has 0 aromatic heterocycles. The maximum atomic E-state index is 13.3. The molecule has 6 aliphatic rings. The maximum Gasteiger partial charge on any atom is 0.342 e. The minimum atomic E-state index is -1.70. The lowest BCUT2D eigenvalue weighted by Gasteiger charge is -2.46. The number of rotatable bonds is 0. The maximum absolute atomic E-state index is 13.3. The normalized spacial score (nSPS) is 59.0. The van der Waals surface area contributed by atoms with Crippen LogP contribution in [0.25, 0.3) is 0 Å². The first-order valence-electron chi connectivity index (χ1n) is 10.1. The van der Waals surface area contributed by atoms with Gasteiger partial charge in [0.05, 0.1) is 23.5 Å². The molecule has 0 bridgehead atoms. The molecule has 5 unspecified atom stereocenters. The number of hydrogen-bond acceptors (Lipinski definition) is 8. The van der Waals surface area contributed by atoms with E-state index in [1.165, 1.54) is 0 Å². The Hall–Kier alpha value is -1.22. The third-order valence-corrected chi connectivity index (χ3v) is 8.99. The van der Waals surface area contributed by atoms with Crippen LogP contribution in [0.2, 0.25) is 0 Å². The molecule has 10 atom stereocenters. The lowest BCUT2D eigenvalue weighted by atomic mass is 9.51. The predicted molar refractivity (Wildman–Crippen MR) is 97.2 cm³/mol. The number of carbonyl (C=O) groups excluding carboxylic acids is 2. The molecular weight excluding hydrogens is 380 g/mol. The molecule has 162 valence electrons. The highest BCUT2D eigenvalue weighted by atomic mass is 16.8. The Labute approximate surface area is 169 Å². The zero-order valence-electron chi connectivity index (χ0n) is 16.4. The van der Waals surface area contributed by atoms with Gasteiger partial charge in [-0.2, -0.15) is 0 Å². The first-order valence-corrected chi connectivity index (χ1v) is 10.1. The van der Waals surface area contributed by atoms with Gasteiger partial charge in [-0.3, -0.25) is 0 Å². The largest absolute Gasteiger partial charge is 0.459 e. The van der Waals surface area contributed by atoms with Crippen LogP contribution in [-0.4, -0.2) is 64.6 Å². The van der Waals surface area contributed by atoms with Crippen LogP contribution < -0.4 is 0 Å². The van der Waals surface area contributed by atoms with Gasteiger partial charge >= 0.3 is 11.9 Å². The molecule has 2 spiro atoms. The van der Waals surface area contributed by atoms with Gasteiger partial charge in [0.1, 0.15) is 11.7 Å². The van der Waals surface area contributed by atoms with Gasteiger partial charge in [-0.15, -0.1) is 0 Å². The number of esters is 2. The fraction of sp³-hybridized carbons (Fsp3) is 0.905. The molecule has 0 radical (unpaired) electrons. The van der Waals surface area contributed by atoms with Gasteiger partial charge in [0.2, 0.25) is 11.9 Å². The Morgan fingerprint density at radius 1 is 1.14 bits per heavy atom. The summed E-state index contributed by atoms with van der Waals surface area (Å²) in [6.07, 6.45) is -2.93. The first-order chi connectivity index (χ1) is 13.0. The van der Waals surface area contributed by atoms with Crippen LogP contribution in [0.4, 0.5) is 0 Å². The molecule has 4 heterocycles. The monoisotopic (exact) mass is 410 g/mol. The summed E-state index contributed by atoms with van der Waals surface area (Å²) >= 11 is 0. The van der Waals surface area contributed by atoms with E-state index in [0.29, 0.717) is 19.4 Å². The second-order valence-corrected chi connectivity index (χ2v) is 10.7. The van der Waals surface area contributed by atoms with Crippen LogP contribution in [0.5, 0.6) is 0 Å².